The van der Waals surface area contributed by atoms with Crippen LogP contribution >= 0.6 is 0 Å². The zero-order valence-corrected chi connectivity index (χ0v) is 6.83. The van der Waals surface area contributed by atoms with Gasteiger partial charge in [0.25, 0.3) is 0 Å². The highest BCUT2D eigenvalue weighted by Gasteiger charge is 2.22. The molecule has 2 atom stereocenters. The van der Waals surface area contributed by atoms with Crippen molar-refractivity contribution in [3.05, 3.63) is 12.2 Å². The molecule has 1 aliphatic carbocycles. The molecule has 0 spiro atoms. The Balaban J connectivity index is 2.63. The summed E-state index contributed by atoms with van der Waals surface area (Å²) in [6, 6.07) is 0. The molecule has 0 bridgehead atoms. The minimum Gasteiger partial charge on any atom is -0.378 e. The van der Waals surface area contributed by atoms with Gasteiger partial charge in [-0.2, -0.15) is 0 Å². The van der Waals surface area contributed by atoms with E-state index in [2.05, 4.69) is 0 Å². The van der Waals surface area contributed by atoms with Gasteiger partial charge in [0.15, 0.2) is 0 Å². The molecule has 0 amide bonds. The Kier molecular flexibility index (Phi) is 2.79. The SMILES string of the molecule is COC1C=CC(=N)CC1OC. The second kappa shape index (κ2) is 3.64. The van der Waals surface area contributed by atoms with Gasteiger partial charge in [-0.15, -0.1) is 0 Å². The monoisotopic (exact) mass is 155 g/mol. The normalized spacial score (nSPS) is 30.9. The predicted octanol–water partition coefficient (Wildman–Crippen LogP) is 0.996. The molecular formula is C8H13NO2. The molecular weight excluding hydrogens is 142 g/mol. The van der Waals surface area contributed by atoms with Gasteiger partial charge < -0.3 is 14.9 Å². The van der Waals surface area contributed by atoms with Crippen molar-refractivity contribution in [1.29, 1.82) is 5.41 Å². The second-order valence-corrected chi connectivity index (χ2v) is 2.56. The van der Waals surface area contributed by atoms with Crippen molar-refractivity contribution in [2.24, 2.45) is 0 Å². The van der Waals surface area contributed by atoms with Gasteiger partial charge in [0.05, 0.1) is 6.10 Å². The number of allylic oxidation sites excluding steroid dienone is 1. The van der Waals surface area contributed by atoms with Crippen LogP contribution in [0, 0.1) is 5.41 Å². The van der Waals surface area contributed by atoms with Crippen molar-refractivity contribution in [2.75, 3.05) is 14.2 Å². The third-order valence-electron chi connectivity index (χ3n) is 1.85. The minimum atomic E-state index is 0.00843. The lowest BCUT2D eigenvalue weighted by molar-refractivity contribution is -0.00866. The summed E-state index contributed by atoms with van der Waals surface area (Å²) in [6.07, 6.45) is 4.29. The van der Waals surface area contributed by atoms with Crippen molar-refractivity contribution < 1.29 is 9.47 Å². The fourth-order valence-electron chi connectivity index (χ4n) is 1.18. The van der Waals surface area contributed by atoms with E-state index in [1.165, 1.54) is 0 Å². The largest absolute Gasteiger partial charge is 0.378 e. The Morgan fingerprint density at radius 1 is 1.45 bits per heavy atom. The predicted molar refractivity (Wildman–Crippen MR) is 43.1 cm³/mol. The van der Waals surface area contributed by atoms with Crippen LogP contribution in [-0.2, 0) is 9.47 Å². The van der Waals surface area contributed by atoms with Crippen LogP contribution in [0.3, 0.4) is 0 Å². The van der Waals surface area contributed by atoms with Gasteiger partial charge in [0, 0.05) is 26.4 Å². The van der Waals surface area contributed by atoms with Gasteiger partial charge in [-0.1, -0.05) is 6.08 Å². The van der Waals surface area contributed by atoms with Gasteiger partial charge in [0.2, 0.25) is 0 Å². The average Bonchev–Trinajstić information content (AvgIpc) is 2.04. The standard InChI is InChI=1S/C8H13NO2/c1-10-7-4-3-6(9)5-8(7)11-2/h3-4,7-9H,5H2,1-2H3. The molecule has 0 saturated carbocycles. The molecule has 2 unspecified atom stereocenters. The van der Waals surface area contributed by atoms with E-state index in [1.54, 1.807) is 20.3 Å². The highest BCUT2D eigenvalue weighted by Crippen LogP contribution is 2.14. The van der Waals surface area contributed by atoms with E-state index in [-0.39, 0.29) is 12.2 Å². The maximum atomic E-state index is 7.37. The summed E-state index contributed by atoms with van der Waals surface area (Å²) < 4.78 is 10.3. The molecule has 3 heteroatoms. The summed E-state index contributed by atoms with van der Waals surface area (Å²) in [5.41, 5.74) is 0.602. The maximum absolute atomic E-state index is 7.37. The number of hydrogen-bond donors (Lipinski definition) is 1. The number of nitrogens with one attached hydrogen (secondary N) is 1. The van der Waals surface area contributed by atoms with E-state index in [9.17, 15) is 0 Å². The van der Waals surface area contributed by atoms with Gasteiger partial charge in [-0.05, 0) is 6.08 Å². The summed E-state index contributed by atoms with van der Waals surface area (Å²) >= 11 is 0. The molecule has 0 aromatic carbocycles. The van der Waals surface area contributed by atoms with Gasteiger partial charge >= 0.3 is 0 Å². The van der Waals surface area contributed by atoms with Crippen molar-refractivity contribution in [2.45, 2.75) is 18.6 Å². The van der Waals surface area contributed by atoms with E-state index >= 15 is 0 Å². The molecule has 0 aliphatic heterocycles. The van der Waals surface area contributed by atoms with Gasteiger partial charge in [-0.3, -0.25) is 0 Å². The molecule has 1 aliphatic rings. The van der Waals surface area contributed by atoms with Crippen LogP contribution in [0.5, 0.6) is 0 Å². The lowest BCUT2D eigenvalue weighted by Crippen LogP contribution is -2.33. The van der Waals surface area contributed by atoms with Crippen molar-refractivity contribution in [3.8, 4) is 0 Å². The average molecular weight is 155 g/mol. The summed E-state index contributed by atoms with van der Waals surface area (Å²) in [4.78, 5) is 0. The molecule has 0 radical (unpaired) electrons. The summed E-state index contributed by atoms with van der Waals surface area (Å²) in [5, 5.41) is 7.37. The second-order valence-electron chi connectivity index (χ2n) is 2.56. The van der Waals surface area contributed by atoms with Crippen molar-refractivity contribution in [1.82, 2.24) is 0 Å². The maximum Gasteiger partial charge on any atom is 0.102 e. The highest BCUT2D eigenvalue weighted by molar-refractivity contribution is 5.93. The Bertz CT molecular complexity index is 177. The first-order valence-corrected chi connectivity index (χ1v) is 3.59. The zero-order valence-electron chi connectivity index (χ0n) is 6.83. The Morgan fingerprint density at radius 2 is 2.18 bits per heavy atom. The van der Waals surface area contributed by atoms with Crippen molar-refractivity contribution in [3.63, 3.8) is 0 Å². The summed E-state index contributed by atoms with van der Waals surface area (Å²) in [7, 11) is 3.29. The molecule has 1 rings (SSSR count). The van der Waals surface area contributed by atoms with E-state index in [0.29, 0.717) is 12.1 Å². The van der Waals surface area contributed by atoms with Crippen LogP contribution in [-0.4, -0.2) is 32.1 Å². The lowest BCUT2D eigenvalue weighted by atomic mass is 10.0. The van der Waals surface area contributed by atoms with Crippen LogP contribution in [0.2, 0.25) is 0 Å². The van der Waals surface area contributed by atoms with Crippen LogP contribution < -0.4 is 0 Å². The number of methoxy groups -OCH3 is 2. The van der Waals surface area contributed by atoms with E-state index in [1.807, 2.05) is 6.08 Å². The molecule has 62 valence electrons. The molecule has 0 saturated heterocycles. The number of hydrogen-bond acceptors (Lipinski definition) is 3. The zero-order chi connectivity index (χ0) is 8.27. The third kappa shape index (κ3) is 1.88. The first-order valence-electron chi connectivity index (χ1n) is 3.59. The Morgan fingerprint density at radius 3 is 2.73 bits per heavy atom. The fraction of sp³-hybridized carbons (Fsp3) is 0.625. The summed E-state index contributed by atoms with van der Waals surface area (Å²) in [6.45, 7) is 0. The van der Waals surface area contributed by atoms with Gasteiger partial charge in [-0.25, -0.2) is 0 Å². The molecule has 0 aromatic rings. The van der Waals surface area contributed by atoms with Crippen LogP contribution in [0.1, 0.15) is 6.42 Å². The number of rotatable bonds is 2. The highest BCUT2D eigenvalue weighted by atomic mass is 16.5. The Hall–Kier alpha value is -0.670. The first-order chi connectivity index (χ1) is 5.27. The first kappa shape index (κ1) is 8.43. The third-order valence-corrected chi connectivity index (χ3v) is 1.85. The molecule has 0 fully saturated rings. The quantitative estimate of drug-likeness (QED) is 0.646. The van der Waals surface area contributed by atoms with Gasteiger partial charge in [0.1, 0.15) is 6.10 Å². The topological polar surface area (TPSA) is 42.3 Å². The molecule has 11 heavy (non-hydrogen) atoms. The lowest BCUT2D eigenvalue weighted by Gasteiger charge is -2.25. The van der Waals surface area contributed by atoms with Crippen molar-refractivity contribution >= 4 is 5.71 Å². The van der Waals surface area contributed by atoms with E-state index < -0.39 is 0 Å². The number of ether oxygens (including phenoxy) is 2. The minimum absolute atomic E-state index is 0.00843. The Labute approximate surface area is 66.5 Å². The fourth-order valence-corrected chi connectivity index (χ4v) is 1.18. The van der Waals surface area contributed by atoms with Crippen LogP contribution in [0.25, 0.3) is 0 Å². The van der Waals surface area contributed by atoms with Crippen LogP contribution in [0.4, 0.5) is 0 Å². The molecule has 1 N–H and O–H groups in total. The summed E-state index contributed by atoms with van der Waals surface area (Å²) in [5.74, 6) is 0. The van der Waals surface area contributed by atoms with Crippen LogP contribution in [0.15, 0.2) is 12.2 Å². The molecule has 0 aromatic heterocycles. The smallest absolute Gasteiger partial charge is 0.102 e. The van der Waals surface area contributed by atoms with E-state index in [4.69, 9.17) is 14.9 Å². The molecule has 0 heterocycles. The molecule has 3 nitrogen and oxygen atoms in total. The van der Waals surface area contributed by atoms with E-state index in [0.717, 1.165) is 0 Å².